The molecule has 17 heavy (non-hydrogen) atoms. The second-order valence-electron chi connectivity index (χ2n) is 5.15. The number of anilines is 1. The maximum absolute atomic E-state index is 4.46. The van der Waals surface area contributed by atoms with Crippen molar-refractivity contribution in [2.45, 2.75) is 44.6 Å². The number of piperidine rings is 1. The number of halogens is 1. The topological polar surface area (TPSA) is 29.0 Å². The Kier molecular flexibility index (Phi) is 3.32. The van der Waals surface area contributed by atoms with Gasteiger partial charge in [-0.25, -0.2) is 9.97 Å². The highest BCUT2D eigenvalue weighted by atomic mass is 79.9. The first-order valence-electron chi connectivity index (χ1n) is 6.59. The molecule has 2 fully saturated rings. The van der Waals surface area contributed by atoms with E-state index in [0.29, 0.717) is 6.04 Å². The van der Waals surface area contributed by atoms with Gasteiger partial charge in [-0.3, -0.25) is 0 Å². The van der Waals surface area contributed by atoms with Gasteiger partial charge in [0.2, 0.25) is 5.95 Å². The van der Waals surface area contributed by atoms with Crippen LogP contribution in [0.25, 0.3) is 0 Å². The van der Waals surface area contributed by atoms with Crippen molar-refractivity contribution in [2.75, 3.05) is 11.4 Å². The number of aromatic nitrogens is 2. The smallest absolute Gasteiger partial charge is 0.225 e. The Morgan fingerprint density at radius 2 is 1.76 bits per heavy atom. The monoisotopic (exact) mass is 295 g/mol. The molecule has 3 nitrogen and oxygen atoms in total. The quantitative estimate of drug-likeness (QED) is 0.795. The van der Waals surface area contributed by atoms with E-state index < -0.39 is 0 Å². The van der Waals surface area contributed by atoms with E-state index in [1.807, 2.05) is 12.4 Å². The Bertz CT molecular complexity index is 377. The van der Waals surface area contributed by atoms with Gasteiger partial charge in [-0.2, -0.15) is 0 Å². The van der Waals surface area contributed by atoms with Crippen LogP contribution in [0.15, 0.2) is 16.9 Å². The summed E-state index contributed by atoms with van der Waals surface area (Å²) in [5, 5.41) is 0. The molecule has 2 heterocycles. The normalized spacial score (nSPS) is 28.9. The van der Waals surface area contributed by atoms with Crippen LogP contribution in [-0.4, -0.2) is 22.6 Å². The molecule has 0 bridgehead atoms. The summed E-state index contributed by atoms with van der Waals surface area (Å²) in [6, 6.07) is 0.693. The van der Waals surface area contributed by atoms with Gasteiger partial charge in [0.25, 0.3) is 0 Å². The zero-order valence-electron chi connectivity index (χ0n) is 9.98. The lowest BCUT2D eigenvalue weighted by Crippen LogP contribution is -2.47. The zero-order valence-corrected chi connectivity index (χ0v) is 11.6. The van der Waals surface area contributed by atoms with Crippen LogP contribution in [0.4, 0.5) is 5.95 Å². The van der Waals surface area contributed by atoms with Crippen molar-refractivity contribution >= 4 is 21.9 Å². The highest BCUT2D eigenvalue weighted by Crippen LogP contribution is 2.36. The van der Waals surface area contributed by atoms with Gasteiger partial charge in [0, 0.05) is 25.0 Å². The molecule has 2 atom stereocenters. The van der Waals surface area contributed by atoms with Crippen molar-refractivity contribution in [1.82, 2.24) is 9.97 Å². The highest BCUT2D eigenvalue weighted by molar-refractivity contribution is 9.10. The van der Waals surface area contributed by atoms with E-state index in [4.69, 9.17) is 0 Å². The van der Waals surface area contributed by atoms with Crippen LogP contribution in [0.1, 0.15) is 38.5 Å². The Balaban J connectivity index is 1.83. The van der Waals surface area contributed by atoms with E-state index in [9.17, 15) is 0 Å². The van der Waals surface area contributed by atoms with Gasteiger partial charge in [0.15, 0.2) is 0 Å². The fourth-order valence-corrected chi connectivity index (χ4v) is 3.53. The van der Waals surface area contributed by atoms with Crippen LogP contribution in [0.2, 0.25) is 0 Å². The molecule has 1 saturated carbocycles. The predicted molar refractivity (Wildman–Crippen MR) is 72.1 cm³/mol. The molecule has 4 heteroatoms. The molecule has 1 saturated heterocycles. The lowest BCUT2D eigenvalue weighted by atomic mass is 9.78. The summed E-state index contributed by atoms with van der Waals surface area (Å²) in [7, 11) is 0. The van der Waals surface area contributed by atoms with Gasteiger partial charge in [-0.1, -0.05) is 12.8 Å². The molecule has 0 radical (unpaired) electrons. The van der Waals surface area contributed by atoms with Crippen LogP contribution in [0.3, 0.4) is 0 Å². The van der Waals surface area contributed by atoms with Crippen LogP contribution in [0, 0.1) is 5.92 Å². The van der Waals surface area contributed by atoms with Crippen molar-refractivity contribution in [1.29, 1.82) is 0 Å². The van der Waals surface area contributed by atoms with Crippen LogP contribution in [0.5, 0.6) is 0 Å². The minimum absolute atomic E-state index is 0.693. The first kappa shape index (κ1) is 11.5. The maximum atomic E-state index is 4.46. The minimum atomic E-state index is 0.693. The van der Waals surface area contributed by atoms with Crippen molar-refractivity contribution < 1.29 is 0 Å². The summed E-state index contributed by atoms with van der Waals surface area (Å²) in [6.07, 6.45) is 11.9. The van der Waals surface area contributed by atoms with E-state index in [1.165, 1.54) is 38.5 Å². The summed E-state index contributed by atoms with van der Waals surface area (Å²) in [5.74, 6) is 1.80. The maximum Gasteiger partial charge on any atom is 0.225 e. The SMILES string of the molecule is Brc1cnc(N2CCCC3CCCCC32)nc1. The lowest BCUT2D eigenvalue weighted by molar-refractivity contribution is 0.241. The Labute approximate surface area is 111 Å². The number of nitrogens with zero attached hydrogens (tertiary/aromatic N) is 3. The van der Waals surface area contributed by atoms with E-state index >= 15 is 0 Å². The number of rotatable bonds is 1. The van der Waals surface area contributed by atoms with Gasteiger partial charge in [-0.05, 0) is 47.5 Å². The molecular weight excluding hydrogens is 278 g/mol. The first-order chi connectivity index (χ1) is 8.34. The van der Waals surface area contributed by atoms with Crippen LogP contribution >= 0.6 is 15.9 Å². The Hall–Kier alpha value is -0.640. The number of hydrogen-bond acceptors (Lipinski definition) is 3. The van der Waals surface area contributed by atoms with Crippen molar-refractivity contribution in [3.8, 4) is 0 Å². The second kappa shape index (κ2) is 4.92. The molecule has 0 aromatic carbocycles. The van der Waals surface area contributed by atoms with E-state index in [0.717, 1.165) is 22.9 Å². The van der Waals surface area contributed by atoms with Gasteiger partial charge < -0.3 is 4.90 Å². The average molecular weight is 296 g/mol. The Morgan fingerprint density at radius 1 is 1.06 bits per heavy atom. The third-order valence-corrected chi connectivity index (χ3v) is 4.52. The molecule has 2 unspecified atom stereocenters. The van der Waals surface area contributed by atoms with E-state index in [2.05, 4.69) is 30.8 Å². The standard InChI is InChI=1S/C13H18BrN3/c14-11-8-15-13(16-9-11)17-7-3-5-10-4-1-2-6-12(10)17/h8-10,12H,1-7H2. The molecule has 1 aromatic heterocycles. The molecule has 1 aromatic rings. The second-order valence-corrected chi connectivity index (χ2v) is 6.06. The van der Waals surface area contributed by atoms with Gasteiger partial charge in [0.05, 0.1) is 4.47 Å². The summed E-state index contributed by atoms with van der Waals surface area (Å²) in [5.41, 5.74) is 0. The van der Waals surface area contributed by atoms with Gasteiger partial charge in [0.1, 0.15) is 0 Å². The fraction of sp³-hybridized carbons (Fsp3) is 0.692. The molecule has 92 valence electrons. The van der Waals surface area contributed by atoms with Crippen LogP contribution < -0.4 is 4.90 Å². The predicted octanol–water partition coefficient (Wildman–Crippen LogP) is 3.40. The number of hydrogen-bond donors (Lipinski definition) is 0. The fourth-order valence-electron chi connectivity index (χ4n) is 3.33. The Morgan fingerprint density at radius 3 is 2.59 bits per heavy atom. The molecule has 0 amide bonds. The summed E-state index contributed by atoms with van der Waals surface area (Å²) in [6.45, 7) is 1.13. The first-order valence-corrected chi connectivity index (χ1v) is 7.38. The number of fused-ring (bicyclic) bond motifs is 1. The third-order valence-electron chi connectivity index (χ3n) is 4.11. The molecule has 1 aliphatic carbocycles. The van der Waals surface area contributed by atoms with Crippen molar-refractivity contribution in [2.24, 2.45) is 5.92 Å². The van der Waals surface area contributed by atoms with E-state index in [1.54, 1.807) is 0 Å². The largest absolute Gasteiger partial charge is 0.338 e. The molecular formula is C13H18BrN3. The van der Waals surface area contributed by atoms with E-state index in [-0.39, 0.29) is 0 Å². The van der Waals surface area contributed by atoms with Crippen LogP contribution in [-0.2, 0) is 0 Å². The van der Waals surface area contributed by atoms with Gasteiger partial charge >= 0.3 is 0 Å². The molecule has 2 aliphatic rings. The minimum Gasteiger partial charge on any atom is -0.338 e. The molecule has 3 rings (SSSR count). The van der Waals surface area contributed by atoms with Crippen molar-refractivity contribution in [3.05, 3.63) is 16.9 Å². The average Bonchev–Trinajstić information content (AvgIpc) is 2.39. The van der Waals surface area contributed by atoms with Gasteiger partial charge in [-0.15, -0.1) is 0 Å². The zero-order chi connectivity index (χ0) is 11.7. The molecule has 1 aliphatic heterocycles. The summed E-state index contributed by atoms with van der Waals surface area (Å²) < 4.78 is 0.957. The van der Waals surface area contributed by atoms with Crippen molar-refractivity contribution in [3.63, 3.8) is 0 Å². The molecule has 0 N–H and O–H groups in total. The molecule has 0 spiro atoms. The highest BCUT2D eigenvalue weighted by Gasteiger charge is 2.34. The summed E-state index contributed by atoms with van der Waals surface area (Å²) in [4.78, 5) is 11.4. The third kappa shape index (κ3) is 2.32. The lowest BCUT2D eigenvalue weighted by Gasteiger charge is -2.44. The summed E-state index contributed by atoms with van der Waals surface area (Å²) >= 11 is 3.39.